The summed E-state index contributed by atoms with van der Waals surface area (Å²) in [5, 5.41) is 8.02. The smallest absolute Gasteiger partial charge is 0.254 e. The topological polar surface area (TPSA) is 46.9 Å². The molecule has 1 aromatic heterocycles. The predicted molar refractivity (Wildman–Crippen MR) is 82.5 cm³/mol. The Morgan fingerprint density at radius 3 is 2.86 bits per heavy atom. The van der Waals surface area contributed by atoms with Crippen molar-refractivity contribution >= 4 is 17.5 Å². The molecule has 0 aliphatic heterocycles. The molecule has 3 rings (SSSR count). The van der Waals surface area contributed by atoms with E-state index in [0.29, 0.717) is 23.2 Å². The number of nitrogens with one attached hydrogen (secondary N) is 1. The molecule has 2 aromatic rings. The van der Waals surface area contributed by atoms with Crippen molar-refractivity contribution in [2.75, 3.05) is 0 Å². The zero-order chi connectivity index (χ0) is 14.7. The molecular weight excluding hydrogens is 286 g/mol. The van der Waals surface area contributed by atoms with Crippen molar-refractivity contribution in [3.63, 3.8) is 0 Å². The molecule has 1 aromatic carbocycles. The van der Waals surface area contributed by atoms with Gasteiger partial charge in [-0.1, -0.05) is 42.6 Å². The predicted octanol–water partition coefficient (Wildman–Crippen LogP) is 3.26. The lowest BCUT2D eigenvalue weighted by Gasteiger charge is -2.10. The molecule has 1 aliphatic rings. The third kappa shape index (κ3) is 3.45. The minimum atomic E-state index is -0.0349. The van der Waals surface area contributed by atoms with E-state index in [1.165, 1.54) is 12.8 Å². The summed E-state index contributed by atoms with van der Waals surface area (Å²) < 4.78 is 1.74. The van der Waals surface area contributed by atoms with E-state index < -0.39 is 0 Å². The van der Waals surface area contributed by atoms with Gasteiger partial charge in [-0.2, -0.15) is 5.10 Å². The van der Waals surface area contributed by atoms with Gasteiger partial charge < -0.3 is 5.32 Å². The first kappa shape index (κ1) is 14.1. The van der Waals surface area contributed by atoms with Crippen LogP contribution in [0.3, 0.4) is 0 Å². The van der Waals surface area contributed by atoms with Crippen LogP contribution in [0.1, 0.15) is 41.6 Å². The number of amides is 1. The second-order valence-corrected chi connectivity index (χ2v) is 5.88. The van der Waals surface area contributed by atoms with Crippen molar-refractivity contribution in [3.8, 4) is 0 Å². The van der Waals surface area contributed by atoms with Gasteiger partial charge in [-0.3, -0.25) is 9.48 Å². The first-order chi connectivity index (χ1) is 10.2. The number of rotatable bonds is 4. The maximum atomic E-state index is 12.1. The van der Waals surface area contributed by atoms with Gasteiger partial charge in [0.15, 0.2) is 0 Å². The molecule has 5 heteroatoms. The van der Waals surface area contributed by atoms with Gasteiger partial charge in [-0.15, -0.1) is 0 Å². The second kappa shape index (κ2) is 6.31. The summed E-state index contributed by atoms with van der Waals surface area (Å²) in [7, 11) is 0. The third-order valence-electron chi connectivity index (χ3n) is 3.88. The number of hydrogen-bond donors (Lipinski definition) is 1. The number of hydrogen-bond acceptors (Lipinski definition) is 2. The van der Waals surface area contributed by atoms with E-state index in [9.17, 15) is 4.79 Å². The molecular formula is C16H18ClN3O. The van der Waals surface area contributed by atoms with Gasteiger partial charge in [0.25, 0.3) is 5.91 Å². The van der Waals surface area contributed by atoms with E-state index in [4.69, 9.17) is 11.6 Å². The number of nitrogens with zero attached hydrogens (tertiary/aromatic N) is 2. The van der Waals surface area contributed by atoms with Crippen LogP contribution in [0.2, 0.25) is 5.02 Å². The van der Waals surface area contributed by atoms with Gasteiger partial charge in [0.1, 0.15) is 0 Å². The molecule has 1 N–H and O–H groups in total. The number of carbonyl (C=O) groups excluding carboxylic acids is 1. The number of carbonyl (C=O) groups is 1. The summed E-state index contributed by atoms with van der Waals surface area (Å²) in [6.07, 6.45) is 7.96. The van der Waals surface area contributed by atoms with Crippen LogP contribution in [0.25, 0.3) is 0 Å². The Kier molecular flexibility index (Phi) is 4.25. The molecule has 0 saturated heterocycles. The van der Waals surface area contributed by atoms with Crippen LogP contribution in [0, 0.1) is 0 Å². The lowest BCUT2D eigenvalue weighted by Crippen LogP contribution is -2.32. The molecule has 110 valence electrons. The third-order valence-corrected chi connectivity index (χ3v) is 4.24. The van der Waals surface area contributed by atoms with Gasteiger partial charge in [-0.25, -0.2) is 0 Å². The molecule has 0 unspecified atom stereocenters. The van der Waals surface area contributed by atoms with Crippen LogP contribution < -0.4 is 5.32 Å². The zero-order valence-corrected chi connectivity index (χ0v) is 12.5. The van der Waals surface area contributed by atoms with Crippen LogP contribution in [0.4, 0.5) is 0 Å². The summed E-state index contributed by atoms with van der Waals surface area (Å²) >= 11 is 6.14. The maximum Gasteiger partial charge on any atom is 0.254 e. The van der Waals surface area contributed by atoms with Crippen molar-refractivity contribution in [3.05, 3.63) is 52.8 Å². The van der Waals surface area contributed by atoms with Crippen molar-refractivity contribution in [1.29, 1.82) is 0 Å². The molecule has 1 fully saturated rings. The first-order valence-electron chi connectivity index (χ1n) is 7.29. The van der Waals surface area contributed by atoms with Gasteiger partial charge in [0.2, 0.25) is 0 Å². The zero-order valence-electron chi connectivity index (χ0n) is 11.8. The molecule has 0 radical (unpaired) electrons. The minimum Gasteiger partial charge on any atom is -0.349 e. The van der Waals surface area contributed by atoms with E-state index in [2.05, 4.69) is 10.4 Å². The Hall–Kier alpha value is -1.81. The summed E-state index contributed by atoms with van der Waals surface area (Å²) in [4.78, 5) is 12.1. The molecule has 21 heavy (non-hydrogen) atoms. The lowest BCUT2D eigenvalue weighted by atomic mass is 10.2. The molecule has 4 nitrogen and oxygen atoms in total. The molecule has 1 amide bonds. The normalized spacial score (nSPS) is 15.3. The van der Waals surface area contributed by atoms with E-state index in [-0.39, 0.29) is 5.91 Å². The summed E-state index contributed by atoms with van der Waals surface area (Å²) in [6, 6.07) is 7.98. The molecule has 1 saturated carbocycles. The summed E-state index contributed by atoms with van der Waals surface area (Å²) in [5.41, 5.74) is 1.60. The van der Waals surface area contributed by atoms with Crippen molar-refractivity contribution in [1.82, 2.24) is 15.1 Å². The van der Waals surface area contributed by atoms with Crippen LogP contribution in [0.5, 0.6) is 0 Å². The highest BCUT2D eigenvalue weighted by Gasteiger charge is 2.18. The van der Waals surface area contributed by atoms with E-state index in [0.717, 1.165) is 18.4 Å². The summed E-state index contributed by atoms with van der Waals surface area (Å²) in [6.45, 7) is 0.566. The fourth-order valence-corrected chi connectivity index (χ4v) is 2.90. The fourth-order valence-electron chi connectivity index (χ4n) is 2.71. The van der Waals surface area contributed by atoms with Crippen LogP contribution >= 0.6 is 11.6 Å². The number of benzene rings is 1. The highest BCUT2D eigenvalue weighted by Crippen LogP contribution is 2.18. The molecule has 1 heterocycles. The molecule has 0 spiro atoms. The quantitative estimate of drug-likeness (QED) is 0.942. The van der Waals surface area contributed by atoms with E-state index in [1.54, 1.807) is 17.1 Å². The van der Waals surface area contributed by atoms with Crippen molar-refractivity contribution in [2.24, 2.45) is 0 Å². The Morgan fingerprint density at radius 2 is 2.10 bits per heavy atom. The van der Waals surface area contributed by atoms with Crippen LogP contribution in [-0.4, -0.2) is 21.7 Å². The highest BCUT2D eigenvalue weighted by atomic mass is 35.5. The Labute approximate surface area is 129 Å². The first-order valence-corrected chi connectivity index (χ1v) is 7.67. The SMILES string of the molecule is O=C(NC1CCCC1)c1cnn(Cc2ccccc2Cl)c1. The van der Waals surface area contributed by atoms with Crippen molar-refractivity contribution in [2.45, 2.75) is 38.3 Å². The maximum absolute atomic E-state index is 12.1. The van der Waals surface area contributed by atoms with Gasteiger partial charge in [0.05, 0.1) is 18.3 Å². The molecule has 1 aliphatic carbocycles. The largest absolute Gasteiger partial charge is 0.349 e. The van der Waals surface area contributed by atoms with E-state index in [1.807, 2.05) is 24.3 Å². The monoisotopic (exact) mass is 303 g/mol. The average Bonchev–Trinajstić information content (AvgIpc) is 3.13. The van der Waals surface area contributed by atoms with Gasteiger partial charge >= 0.3 is 0 Å². The van der Waals surface area contributed by atoms with E-state index >= 15 is 0 Å². The van der Waals surface area contributed by atoms with Crippen molar-refractivity contribution < 1.29 is 4.79 Å². The average molecular weight is 304 g/mol. The van der Waals surface area contributed by atoms with Gasteiger partial charge in [-0.05, 0) is 24.5 Å². The Bertz CT molecular complexity index is 632. The molecule has 0 atom stereocenters. The standard InChI is InChI=1S/C16H18ClN3O/c17-15-8-4-1-5-12(15)10-20-11-13(9-18-20)16(21)19-14-6-2-3-7-14/h1,4-5,8-9,11,14H,2-3,6-7,10H2,(H,19,21). The lowest BCUT2D eigenvalue weighted by molar-refractivity contribution is 0.0938. The number of aromatic nitrogens is 2. The van der Waals surface area contributed by atoms with Gasteiger partial charge in [0, 0.05) is 17.3 Å². The Morgan fingerprint density at radius 1 is 1.33 bits per heavy atom. The van der Waals surface area contributed by atoms with Crippen LogP contribution in [0.15, 0.2) is 36.7 Å². The number of halogens is 1. The fraction of sp³-hybridized carbons (Fsp3) is 0.375. The second-order valence-electron chi connectivity index (χ2n) is 5.47. The highest BCUT2D eigenvalue weighted by molar-refractivity contribution is 6.31. The molecule has 0 bridgehead atoms. The Balaban J connectivity index is 1.65. The minimum absolute atomic E-state index is 0.0349. The summed E-state index contributed by atoms with van der Waals surface area (Å²) in [5.74, 6) is -0.0349. The van der Waals surface area contributed by atoms with Crippen LogP contribution in [-0.2, 0) is 6.54 Å².